The summed E-state index contributed by atoms with van der Waals surface area (Å²) in [6, 6.07) is 4.10. The van der Waals surface area contributed by atoms with Crippen LogP contribution in [0.4, 0.5) is 4.79 Å². The summed E-state index contributed by atoms with van der Waals surface area (Å²) in [7, 11) is -3.79. The van der Waals surface area contributed by atoms with E-state index in [-0.39, 0.29) is 22.7 Å². The standard InChI is InChI=1S/C15H20N4O4S/c1-15(2,3)23-14(20)18-11-7-12(8-11)19-24(21,22)13-6-10(9-16)4-5-17-13/h4-6,11-12,19H,7-8H2,1-3H3,(H,18,20). The van der Waals surface area contributed by atoms with E-state index in [9.17, 15) is 13.2 Å². The van der Waals surface area contributed by atoms with Gasteiger partial charge in [0, 0.05) is 18.3 Å². The van der Waals surface area contributed by atoms with Crippen LogP contribution in [-0.2, 0) is 14.8 Å². The molecule has 1 aromatic rings. The predicted octanol–water partition coefficient (Wildman–Crippen LogP) is 1.29. The van der Waals surface area contributed by atoms with Gasteiger partial charge < -0.3 is 10.1 Å². The Morgan fingerprint density at radius 3 is 2.62 bits per heavy atom. The van der Waals surface area contributed by atoms with Crippen molar-refractivity contribution in [2.75, 3.05) is 0 Å². The number of hydrogen-bond acceptors (Lipinski definition) is 6. The molecule has 0 bridgehead atoms. The molecule has 0 aliphatic heterocycles. The number of carbonyl (C=O) groups excluding carboxylic acids is 1. The first kappa shape index (κ1) is 18.2. The number of aromatic nitrogens is 1. The van der Waals surface area contributed by atoms with Crippen molar-refractivity contribution in [1.29, 1.82) is 5.26 Å². The Kier molecular flexibility index (Phi) is 5.11. The SMILES string of the molecule is CC(C)(C)OC(=O)NC1CC(NS(=O)(=O)c2cc(C#N)ccn2)C1. The summed E-state index contributed by atoms with van der Waals surface area (Å²) < 4.78 is 32.1. The maximum absolute atomic E-state index is 12.2. The van der Waals surface area contributed by atoms with Crippen LogP contribution in [-0.4, -0.2) is 37.2 Å². The number of nitrogens with zero attached hydrogens (tertiary/aromatic N) is 2. The largest absolute Gasteiger partial charge is 0.444 e. The van der Waals surface area contributed by atoms with Gasteiger partial charge in [0.2, 0.25) is 0 Å². The number of rotatable bonds is 4. The fourth-order valence-corrected chi connectivity index (χ4v) is 3.45. The van der Waals surface area contributed by atoms with Crippen molar-refractivity contribution in [3.05, 3.63) is 23.9 Å². The zero-order valence-corrected chi connectivity index (χ0v) is 14.6. The zero-order chi connectivity index (χ0) is 18.0. The first-order chi connectivity index (χ1) is 11.1. The molecule has 2 N–H and O–H groups in total. The van der Waals surface area contributed by atoms with E-state index >= 15 is 0 Å². The molecule has 24 heavy (non-hydrogen) atoms. The van der Waals surface area contributed by atoms with E-state index in [2.05, 4.69) is 15.0 Å². The van der Waals surface area contributed by atoms with Gasteiger partial charge in [-0.2, -0.15) is 5.26 Å². The lowest BCUT2D eigenvalue weighted by Gasteiger charge is -2.36. The Hall–Kier alpha value is -2.18. The summed E-state index contributed by atoms with van der Waals surface area (Å²) in [6.45, 7) is 5.31. The number of sulfonamides is 1. The molecule has 1 aliphatic carbocycles. The highest BCUT2D eigenvalue weighted by atomic mass is 32.2. The molecule has 1 saturated carbocycles. The lowest BCUT2D eigenvalue weighted by Crippen LogP contribution is -2.54. The van der Waals surface area contributed by atoms with Crippen LogP contribution in [0.1, 0.15) is 39.2 Å². The van der Waals surface area contributed by atoms with Crippen molar-refractivity contribution < 1.29 is 17.9 Å². The first-order valence-corrected chi connectivity index (χ1v) is 8.95. The molecule has 1 heterocycles. The smallest absolute Gasteiger partial charge is 0.407 e. The molecule has 1 aromatic heterocycles. The Bertz CT molecular complexity index is 758. The molecule has 0 aromatic carbocycles. The van der Waals surface area contributed by atoms with E-state index in [4.69, 9.17) is 10.00 Å². The van der Waals surface area contributed by atoms with Gasteiger partial charge >= 0.3 is 6.09 Å². The summed E-state index contributed by atoms with van der Waals surface area (Å²) in [6.07, 6.45) is 1.70. The van der Waals surface area contributed by atoms with E-state index in [1.54, 1.807) is 20.8 Å². The second-order valence-electron chi connectivity index (χ2n) is 6.63. The Morgan fingerprint density at radius 1 is 1.38 bits per heavy atom. The number of carbonyl (C=O) groups is 1. The number of amides is 1. The summed E-state index contributed by atoms with van der Waals surface area (Å²) in [5.74, 6) is 0. The van der Waals surface area contributed by atoms with Crippen LogP contribution in [0.25, 0.3) is 0 Å². The monoisotopic (exact) mass is 352 g/mol. The van der Waals surface area contributed by atoms with Crippen LogP contribution in [0.5, 0.6) is 0 Å². The number of pyridine rings is 1. The molecule has 0 saturated heterocycles. The van der Waals surface area contributed by atoms with Gasteiger partial charge in [-0.3, -0.25) is 0 Å². The van der Waals surface area contributed by atoms with Gasteiger partial charge in [-0.05, 0) is 45.7 Å². The van der Waals surface area contributed by atoms with Crippen molar-refractivity contribution in [3.63, 3.8) is 0 Å². The third-order valence-corrected chi connectivity index (χ3v) is 4.74. The fourth-order valence-electron chi connectivity index (χ4n) is 2.21. The van der Waals surface area contributed by atoms with Crippen molar-refractivity contribution in [3.8, 4) is 6.07 Å². The van der Waals surface area contributed by atoms with Gasteiger partial charge in [0.1, 0.15) is 5.60 Å². The molecule has 0 radical (unpaired) electrons. The normalized spacial score (nSPS) is 20.6. The lowest BCUT2D eigenvalue weighted by atomic mass is 9.88. The van der Waals surface area contributed by atoms with Gasteiger partial charge in [0.25, 0.3) is 10.0 Å². The molecule has 0 spiro atoms. The minimum absolute atomic E-state index is 0.133. The highest BCUT2D eigenvalue weighted by molar-refractivity contribution is 7.89. The third-order valence-electron chi connectivity index (χ3n) is 3.32. The average Bonchev–Trinajstić information content (AvgIpc) is 2.43. The van der Waals surface area contributed by atoms with Gasteiger partial charge in [-0.15, -0.1) is 0 Å². The van der Waals surface area contributed by atoms with Crippen LogP contribution in [0.15, 0.2) is 23.4 Å². The summed E-state index contributed by atoms with van der Waals surface area (Å²) in [5, 5.41) is 11.3. The van der Waals surface area contributed by atoms with Crippen LogP contribution >= 0.6 is 0 Å². The Morgan fingerprint density at radius 2 is 2.04 bits per heavy atom. The zero-order valence-electron chi connectivity index (χ0n) is 13.7. The van der Waals surface area contributed by atoms with E-state index < -0.39 is 21.7 Å². The fraction of sp³-hybridized carbons (Fsp3) is 0.533. The van der Waals surface area contributed by atoms with E-state index in [0.717, 1.165) is 0 Å². The number of hydrogen-bond donors (Lipinski definition) is 2. The van der Waals surface area contributed by atoms with Gasteiger partial charge in [0.05, 0.1) is 11.6 Å². The predicted molar refractivity (Wildman–Crippen MR) is 85.5 cm³/mol. The molecular weight excluding hydrogens is 332 g/mol. The van der Waals surface area contributed by atoms with E-state index in [1.807, 2.05) is 6.07 Å². The van der Waals surface area contributed by atoms with Crippen molar-refractivity contribution in [1.82, 2.24) is 15.0 Å². The van der Waals surface area contributed by atoms with E-state index in [0.29, 0.717) is 12.8 Å². The highest BCUT2D eigenvalue weighted by Crippen LogP contribution is 2.22. The van der Waals surface area contributed by atoms with Crippen LogP contribution < -0.4 is 10.0 Å². The molecule has 1 amide bonds. The topological polar surface area (TPSA) is 121 Å². The van der Waals surface area contributed by atoms with Gasteiger partial charge in [-0.25, -0.2) is 22.9 Å². The molecule has 0 atom stereocenters. The number of nitrogens with one attached hydrogen (secondary N) is 2. The molecule has 2 rings (SSSR count). The first-order valence-electron chi connectivity index (χ1n) is 7.47. The number of alkyl carbamates (subject to hydrolysis) is 1. The Labute approximate surface area is 141 Å². The van der Waals surface area contributed by atoms with Crippen LogP contribution in [0.2, 0.25) is 0 Å². The quantitative estimate of drug-likeness (QED) is 0.842. The summed E-state index contributed by atoms with van der Waals surface area (Å²) in [5.41, 5.74) is -0.352. The maximum atomic E-state index is 12.2. The van der Waals surface area contributed by atoms with Crippen LogP contribution in [0.3, 0.4) is 0 Å². The molecule has 8 nitrogen and oxygen atoms in total. The van der Waals surface area contributed by atoms with Gasteiger partial charge in [-0.1, -0.05) is 0 Å². The molecule has 9 heteroatoms. The highest BCUT2D eigenvalue weighted by Gasteiger charge is 2.35. The van der Waals surface area contributed by atoms with E-state index in [1.165, 1.54) is 18.3 Å². The average molecular weight is 352 g/mol. The molecule has 1 fully saturated rings. The minimum atomic E-state index is -3.79. The molecule has 1 aliphatic rings. The second kappa shape index (κ2) is 6.75. The molecule has 0 unspecified atom stereocenters. The van der Waals surface area contributed by atoms with Crippen molar-refractivity contribution in [2.24, 2.45) is 0 Å². The number of nitriles is 1. The molecular formula is C15H20N4O4S. The lowest BCUT2D eigenvalue weighted by molar-refractivity contribution is 0.0470. The second-order valence-corrected chi connectivity index (χ2v) is 8.29. The van der Waals surface area contributed by atoms with Crippen molar-refractivity contribution >= 4 is 16.1 Å². The maximum Gasteiger partial charge on any atom is 0.407 e. The third kappa shape index (κ3) is 4.91. The number of ether oxygens (including phenoxy) is 1. The summed E-state index contributed by atoms with van der Waals surface area (Å²) >= 11 is 0. The van der Waals surface area contributed by atoms with Crippen molar-refractivity contribution in [2.45, 2.75) is 56.3 Å². The van der Waals surface area contributed by atoms with Gasteiger partial charge in [0.15, 0.2) is 5.03 Å². The minimum Gasteiger partial charge on any atom is -0.444 e. The molecule has 130 valence electrons. The summed E-state index contributed by atoms with van der Waals surface area (Å²) in [4.78, 5) is 15.4. The van der Waals surface area contributed by atoms with Crippen LogP contribution in [0, 0.1) is 11.3 Å². The Balaban J connectivity index is 1.86.